The summed E-state index contributed by atoms with van der Waals surface area (Å²) in [6.45, 7) is -1.05. The van der Waals surface area contributed by atoms with E-state index in [1.54, 1.807) is 0 Å². The number of hydrogen-bond acceptors (Lipinski definition) is 7. The summed E-state index contributed by atoms with van der Waals surface area (Å²) in [4.78, 5) is 25.8. The van der Waals surface area contributed by atoms with Crippen molar-refractivity contribution in [1.29, 1.82) is 0 Å². The van der Waals surface area contributed by atoms with Crippen LogP contribution in [0.2, 0.25) is 0 Å². The van der Waals surface area contributed by atoms with E-state index in [0.717, 1.165) is 24.3 Å². The summed E-state index contributed by atoms with van der Waals surface area (Å²) in [6.07, 6.45) is -11.0. The van der Waals surface area contributed by atoms with E-state index in [-0.39, 0.29) is 6.61 Å². The maximum Gasteiger partial charge on any atom is 0.432 e. The Morgan fingerprint density at radius 1 is 0.795 bits per heavy atom. The molecule has 0 fully saturated rings. The number of methoxy groups -OCH3 is 2. The Balaban J connectivity index is 1.85. The van der Waals surface area contributed by atoms with E-state index in [2.05, 4.69) is 9.47 Å². The van der Waals surface area contributed by atoms with Crippen LogP contribution in [0.3, 0.4) is 0 Å². The molecule has 1 aliphatic heterocycles. The maximum atomic E-state index is 14.2. The van der Waals surface area contributed by atoms with Gasteiger partial charge in [-0.25, -0.2) is 9.59 Å². The van der Waals surface area contributed by atoms with Crippen LogP contribution in [0.15, 0.2) is 72.8 Å². The Kier molecular flexibility index (Phi) is 9.08. The van der Waals surface area contributed by atoms with Crippen molar-refractivity contribution in [3.05, 3.63) is 83.9 Å². The molecule has 0 bridgehead atoms. The number of alkyl halides is 6. The van der Waals surface area contributed by atoms with Gasteiger partial charge < -0.3 is 23.7 Å². The number of rotatable bonds is 9. The highest BCUT2D eigenvalue weighted by Gasteiger charge is 2.65. The topological polar surface area (TPSA) is 80.3 Å². The Morgan fingerprint density at radius 3 is 1.69 bits per heavy atom. The second-order valence-corrected chi connectivity index (χ2v) is 8.27. The van der Waals surface area contributed by atoms with Gasteiger partial charge in [0.05, 0.1) is 6.61 Å². The summed E-state index contributed by atoms with van der Waals surface area (Å²) >= 11 is 0. The number of benzene rings is 2. The summed E-state index contributed by atoms with van der Waals surface area (Å²) in [7, 11) is 1.36. The highest BCUT2D eigenvalue weighted by molar-refractivity contribution is 5.83. The Bertz CT molecular complexity index is 1150. The molecule has 0 aromatic heterocycles. The zero-order chi connectivity index (χ0) is 28.9. The van der Waals surface area contributed by atoms with Crippen molar-refractivity contribution in [2.75, 3.05) is 27.4 Å². The number of halogens is 6. The lowest BCUT2D eigenvalue weighted by atomic mass is 9.92. The van der Waals surface area contributed by atoms with Gasteiger partial charge in [-0.3, -0.25) is 0 Å². The van der Waals surface area contributed by atoms with Gasteiger partial charge in [-0.05, 0) is 6.08 Å². The van der Waals surface area contributed by atoms with Crippen LogP contribution < -0.4 is 0 Å². The number of carbonyl (C=O) groups is 2. The van der Waals surface area contributed by atoms with Gasteiger partial charge in [0.1, 0.15) is 18.8 Å². The van der Waals surface area contributed by atoms with Gasteiger partial charge in [0, 0.05) is 25.3 Å². The molecule has 0 aliphatic carbocycles. The molecule has 39 heavy (non-hydrogen) atoms. The number of esters is 2. The van der Waals surface area contributed by atoms with Gasteiger partial charge in [0.2, 0.25) is 0 Å². The smallest absolute Gasteiger partial charge is 0.432 e. The second-order valence-electron chi connectivity index (χ2n) is 8.27. The van der Waals surface area contributed by atoms with Gasteiger partial charge in [0.15, 0.2) is 0 Å². The molecule has 0 unspecified atom stereocenters. The molecular weight excluding hydrogens is 538 g/mol. The summed E-state index contributed by atoms with van der Waals surface area (Å²) < 4.78 is 110. The van der Waals surface area contributed by atoms with Crippen molar-refractivity contribution < 1.29 is 59.6 Å². The van der Waals surface area contributed by atoms with E-state index in [9.17, 15) is 35.9 Å². The normalized spacial score (nSPS) is 20.9. The van der Waals surface area contributed by atoms with Crippen LogP contribution in [-0.2, 0) is 44.5 Å². The van der Waals surface area contributed by atoms with Crippen LogP contribution in [0, 0.1) is 0 Å². The molecule has 3 rings (SSSR count). The molecule has 0 radical (unpaired) electrons. The third kappa shape index (κ3) is 5.65. The fourth-order valence-corrected chi connectivity index (χ4v) is 4.09. The van der Waals surface area contributed by atoms with Crippen molar-refractivity contribution in [3.63, 3.8) is 0 Å². The first-order valence-corrected chi connectivity index (χ1v) is 11.4. The van der Waals surface area contributed by atoms with E-state index >= 15 is 0 Å². The van der Waals surface area contributed by atoms with Crippen molar-refractivity contribution in [3.8, 4) is 0 Å². The molecule has 212 valence electrons. The zero-order valence-electron chi connectivity index (χ0n) is 20.6. The fraction of sp³-hybridized carbons (Fsp3) is 0.385. The first kappa shape index (κ1) is 30.1. The minimum Gasteiger partial charge on any atom is -0.460 e. The third-order valence-electron chi connectivity index (χ3n) is 6.07. The molecule has 1 heterocycles. The third-order valence-corrected chi connectivity index (χ3v) is 6.07. The van der Waals surface area contributed by atoms with Crippen molar-refractivity contribution >= 4 is 11.9 Å². The standard InChI is InChI=1S/C26H24F6O7/c1-35-23(25(27,28)29,17-10-5-3-6-11-17)21(33)38-16-20-19(14-9-15-37-20)39-22(34)24(36-2,26(30,31)32)18-12-7-4-8-13-18/h3-14,19-20H,15-16H2,1-2H3/t19-,20+,23-,24-/m0/s1. The molecule has 0 amide bonds. The summed E-state index contributed by atoms with van der Waals surface area (Å²) in [5.74, 6) is -3.70. The monoisotopic (exact) mass is 562 g/mol. The SMILES string of the molecule is CO[C@](C(=O)OC[C@H]1OCC=C[C@@H]1OC(=O)[C@@](OC)(c1ccccc1)C(F)(F)F)(c1ccccc1)C(F)(F)F. The number of ether oxygens (including phenoxy) is 5. The first-order valence-electron chi connectivity index (χ1n) is 11.4. The minimum absolute atomic E-state index is 0.142. The molecule has 0 spiro atoms. The van der Waals surface area contributed by atoms with Crippen LogP contribution in [0.1, 0.15) is 11.1 Å². The molecular formula is C26H24F6O7. The van der Waals surface area contributed by atoms with Gasteiger partial charge in [-0.2, -0.15) is 26.3 Å². The lowest BCUT2D eigenvalue weighted by Crippen LogP contribution is -2.54. The van der Waals surface area contributed by atoms with E-state index in [0.29, 0.717) is 14.2 Å². The minimum atomic E-state index is -5.26. The zero-order valence-corrected chi connectivity index (χ0v) is 20.6. The highest BCUT2D eigenvalue weighted by Crippen LogP contribution is 2.44. The average Bonchev–Trinajstić information content (AvgIpc) is 2.89. The fourth-order valence-electron chi connectivity index (χ4n) is 4.09. The van der Waals surface area contributed by atoms with Crippen molar-refractivity contribution in [2.24, 2.45) is 0 Å². The summed E-state index contributed by atoms with van der Waals surface area (Å²) in [6, 6.07) is 12.0. The van der Waals surface area contributed by atoms with Crippen molar-refractivity contribution in [2.45, 2.75) is 35.8 Å². The average molecular weight is 562 g/mol. The van der Waals surface area contributed by atoms with Gasteiger partial charge in [-0.1, -0.05) is 66.7 Å². The van der Waals surface area contributed by atoms with Gasteiger partial charge >= 0.3 is 24.3 Å². The molecule has 13 heteroatoms. The molecule has 2 aromatic rings. The van der Waals surface area contributed by atoms with E-state index in [1.165, 1.54) is 48.6 Å². The quantitative estimate of drug-likeness (QED) is 0.251. The van der Waals surface area contributed by atoms with Crippen molar-refractivity contribution in [1.82, 2.24) is 0 Å². The second kappa shape index (κ2) is 11.8. The van der Waals surface area contributed by atoms with E-state index in [1.807, 2.05) is 0 Å². The predicted molar refractivity (Wildman–Crippen MR) is 122 cm³/mol. The lowest BCUT2D eigenvalue weighted by molar-refractivity contribution is -0.280. The molecule has 1 aliphatic rings. The largest absolute Gasteiger partial charge is 0.460 e. The Hall–Kier alpha value is -3.42. The molecule has 0 N–H and O–H groups in total. The van der Waals surface area contributed by atoms with Crippen LogP contribution in [-0.4, -0.2) is 63.9 Å². The molecule has 0 saturated carbocycles. The van der Waals surface area contributed by atoms with Crippen LogP contribution in [0.25, 0.3) is 0 Å². The molecule has 2 aromatic carbocycles. The first-order chi connectivity index (χ1) is 18.3. The molecule has 0 saturated heterocycles. The maximum absolute atomic E-state index is 14.2. The molecule has 7 nitrogen and oxygen atoms in total. The van der Waals surface area contributed by atoms with Gasteiger partial charge in [0.25, 0.3) is 11.2 Å². The number of hydrogen-bond donors (Lipinski definition) is 0. The summed E-state index contributed by atoms with van der Waals surface area (Å²) in [5, 5.41) is 0. The Morgan fingerprint density at radius 2 is 1.26 bits per heavy atom. The van der Waals surface area contributed by atoms with Crippen LogP contribution in [0.4, 0.5) is 26.3 Å². The summed E-state index contributed by atoms with van der Waals surface area (Å²) in [5.41, 5.74) is -8.14. The van der Waals surface area contributed by atoms with Gasteiger partial charge in [-0.15, -0.1) is 0 Å². The Labute approximate surface area is 219 Å². The van der Waals surface area contributed by atoms with Crippen LogP contribution >= 0.6 is 0 Å². The number of carbonyl (C=O) groups excluding carboxylic acids is 2. The van der Waals surface area contributed by atoms with E-state index in [4.69, 9.17) is 14.2 Å². The highest BCUT2D eigenvalue weighted by atomic mass is 19.4. The lowest BCUT2D eigenvalue weighted by Gasteiger charge is -2.36. The van der Waals surface area contributed by atoms with Crippen LogP contribution in [0.5, 0.6) is 0 Å². The molecule has 4 atom stereocenters. The predicted octanol–water partition coefficient (Wildman–Crippen LogP) is 4.60. The van der Waals surface area contributed by atoms with E-state index < -0.39 is 65.4 Å².